The van der Waals surface area contributed by atoms with Crippen molar-refractivity contribution in [2.45, 2.75) is 26.2 Å². The topological polar surface area (TPSA) is 86.0 Å². The number of nitrogens with zero attached hydrogens (tertiary/aromatic N) is 4. The number of hydrogen-bond acceptors (Lipinski definition) is 8. The average Bonchev–Trinajstić information content (AvgIpc) is 3.21. The number of likely N-dealkylation sites (tertiary alicyclic amines) is 1. The van der Waals surface area contributed by atoms with Crippen LogP contribution in [0.25, 0.3) is 0 Å². The number of hydrogen-bond donors (Lipinski definition) is 1. The Labute approximate surface area is 190 Å². The van der Waals surface area contributed by atoms with Gasteiger partial charge in [0.2, 0.25) is 5.95 Å². The predicted octanol–water partition coefficient (Wildman–Crippen LogP) is 3.27. The second-order valence-corrected chi connectivity index (χ2v) is 8.96. The van der Waals surface area contributed by atoms with E-state index in [1.807, 2.05) is 25.1 Å². The molecule has 1 aromatic heterocycles. The SMILES string of the molecule is COc1ccc(N(CC2CCOCC2)c2nc(C)cc(N)n2)cc1OCC1CCN(C)C1. The summed E-state index contributed by atoms with van der Waals surface area (Å²) >= 11 is 0. The predicted molar refractivity (Wildman–Crippen MR) is 126 cm³/mol. The molecule has 2 aliphatic heterocycles. The van der Waals surface area contributed by atoms with Gasteiger partial charge in [-0.15, -0.1) is 0 Å². The summed E-state index contributed by atoms with van der Waals surface area (Å²) in [4.78, 5) is 13.7. The van der Waals surface area contributed by atoms with Gasteiger partial charge in [0, 0.05) is 55.7 Å². The lowest BCUT2D eigenvalue weighted by Gasteiger charge is -2.30. The lowest BCUT2D eigenvalue weighted by atomic mass is 9.99. The molecule has 2 aliphatic rings. The fourth-order valence-corrected chi connectivity index (χ4v) is 4.50. The van der Waals surface area contributed by atoms with Crippen molar-refractivity contribution < 1.29 is 14.2 Å². The van der Waals surface area contributed by atoms with Gasteiger partial charge >= 0.3 is 0 Å². The zero-order chi connectivity index (χ0) is 22.5. The van der Waals surface area contributed by atoms with E-state index >= 15 is 0 Å². The second kappa shape index (κ2) is 10.4. The van der Waals surface area contributed by atoms with Crippen LogP contribution in [0, 0.1) is 18.8 Å². The van der Waals surface area contributed by atoms with Crippen LogP contribution in [0.4, 0.5) is 17.5 Å². The number of nitrogen functional groups attached to an aromatic ring is 1. The highest BCUT2D eigenvalue weighted by Gasteiger charge is 2.24. The molecule has 1 unspecified atom stereocenters. The van der Waals surface area contributed by atoms with E-state index in [-0.39, 0.29) is 0 Å². The number of methoxy groups -OCH3 is 1. The minimum absolute atomic E-state index is 0.472. The standard InChI is InChI=1S/C24H35N5O3/c1-17-12-23(25)27-24(26-17)29(15-18-7-10-31-11-8-18)20-4-5-21(30-3)22(13-20)32-16-19-6-9-28(2)14-19/h4-5,12-13,18-19H,6-11,14-16H2,1-3H3,(H2,25,26,27). The summed E-state index contributed by atoms with van der Waals surface area (Å²) in [6, 6.07) is 7.83. The molecule has 2 N–H and O–H groups in total. The maximum absolute atomic E-state index is 6.26. The van der Waals surface area contributed by atoms with Gasteiger partial charge in [0.05, 0.1) is 13.7 Å². The lowest BCUT2D eigenvalue weighted by Crippen LogP contribution is -2.30. The van der Waals surface area contributed by atoms with Crippen LogP contribution >= 0.6 is 0 Å². The monoisotopic (exact) mass is 441 g/mol. The van der Waals surface area contributed by atoms with E-state index in [0.717, 1.165) is 75.0 Å². The zero-order valence-corrected chi connectivity index (χ0v) is 19.4. The fourth-order valence-electron chi connectivity index (χ4n) is 4.50. The van der Waals surface area contributed by atoms with Crippen LogP contribution in [0.15, 0.2) is 24.3 Å². The first-order valence-corrected chi connectivity index (χ1v) is 11.5. The fraction of sp³-hybridized carbons (Fsp3) is 0.583. The van der Waals surface area contributed by atoms with E-state index in [2.05, 4.69) is 21.8 Å². The third-order valence-corrected chi connectivity index (χ3v) is 6.31. The van der Waals surface area contributed by atoms with Gasteiger partial charge in [0.1, 0.15) is 5.82 Å². The molecule has 2 fully saturated rings. The van der Waals surface area contributed by atoms with Crippen LogP contribution < -0.4 is 20.1 Å². The Bertz CT molecular complexity index is 883. The maximum Gasteiger partial charge on any atom is 0.232 e. The Hall–Kier alpha value is -2.58. The van der Waals surface area contributed by atoms with Gasteiger partial charge < -0.3 is 29.7 Å². The number of benzene rings is 1. The quantitative estimate of drug-likeness (QED) is 0.668. The molecule has 4 rings (SSSR count). The smallest absolute Gasteiger partial charge is 0.232 e. The van der Waals surface area contributed by atoms with Gasteiger partial charge in [0.15, 0.2) is 11.5 Å². The van der Waals surface area contributed by atoms with E-state index < -0.39 is 0 Å². The Balaban J connectivity index is 1.61. The average molecular weight is 442 g/mol. The van der Waals surface area contributed by atoms with E-state index in [1.54, 1.807) is 13.2 Å². The molecule has 0 spiro atoms. The van der Waals surface area contributed by atoms with Crippen molar-refractivity contribution >= 4 is 17.5 Å². The van der Waals surface area contributed by atoms with Gasteiger partial charge in [0.25, 0.3) is 0 Å². The highest BCUT2D eigenvalue weighted by molar-refractivity contribution is 5.63. The number of nitrogens with two attached hydrogens (primary N) is 1. The normalized spacial score (nSPS) is 19.8. The molecule has 0 saturated carbocycles. The van der Waals surface area contributed by atoms with Crippen LogP contribution in [-0.2, 0) is 4.74 Å². The Kier molecular flexibility index (Phi) is 7.32. The summed E-state index contributed by atoms with van der Waals surface area (Å²) in [5.41, 5.74) is 7.89. The number of aromatic nitrogens is 2. The summed E-state index contributed by atoms with van der Waals surface area (Å²) in [5, 5.41) is 0. The Morgan fingerprint density at radius 2 is 1.94 bits per heavy atom. The minimum atomic E-state index is 0.472. The van der Waals surface area contributed by atoms with Crippen LogP contribution in [-0.4, -0.2) is 68.5 Å². The summed E-state index contributed by atoms with van der Waals surface area (Å²) in [6.45, 7) is 7.19. The second-order valence-electron chi connectivity index (χ2n) is 8.96. The molecule has 0 amide bonds. The van der Waals surface area contributed by atoms with Gasteiger partial charge in [-0.2, -0.15) is 4.98 Å². The molecule has 0 bridgehead atoms. The molecule has 32 heavy (non-hydrogen) atoms. The molecule has 2 saturated heterocycles. The lowest BCUT2D eigenvalue weighted by molar-refractivity contribution is 0.0687. The largest absolute Gasteiger partial charge is 0.493 e. The highest BCUT2D eigenvalue weighted by atomic mass is 16.5. The first-order valence-electron chi connectivity index (χ1n) is 11.5. The van der Waals surface area contributed by atoms with E-state index in [1.165, 1.54) is 0 Å². The van der Waals surface area contributed by atoms with Crippen LogP contribution in [0.5, 0.6) is 11.5 Å². The summed E-state index contributed by atoms with van der Waals surface area (Å²) < 4.78 is 17.4. The molecule has 0 radical (unpaired) electrons. The molecule has 1 atom stereocenters. The molecule has 174 valence electrons. The highest BCUT2D eigenvalue weighted by Crippen LogP contribution is 2.36. The van der Waals surface area contributed by atoms with Crippen LogP contribution in [0.1, 0.15) is 25.0 Å². The van der Waals surface area contributed by atoms with Crippen molar-refractivity contribution in [2.75, 3.05) is 64.2 Å². The molecule has 0 aliphatic carbocycles. The summed E-state index contributed by atoms with van der Waals surface area (Å²) in [7, 11) is 3.83. The molecule has 8 nitrogen and oxygen atoms in total. The third kappa shape index (κ3) is 5.61. The molecule has 8 heteroatoms. The van der Waals surface area contributed by atoms with Gasteiger partial charge in [-0.05, 0) is 57.8 Å². The third-order valence-electron chi connectivity index (χ3n) is 6.31. The van der Waals surface area contributed by atoms with Crippen LogP contribution in [0.2, 0.25) is 0 Å². The molecular formula is C24H35N5O3. The van der Waals surface area contributed by atoms with Crippen molar-refractivity contribution in [1.82, 2.24) is 14.9 Å². The number of aryl methyl sites for hydroxylation is 1. The van der Waals surface area contributed by atoms with E-state index in [4.69, 9.17) is 24.9 Å². The van der Waals surface area contributed by atoms with Gasteiger partial charge in [-0.1, -0.05) is 0 Å². The van der Waals surface area contributed by atoms with Crippen molar-refractivity contribution in [3.05, 3.63) is 30.0 Å². The Morgan fingerprint density at radius 1 is 1.12 bits per heavy atom. The Morgan fingerprint density at radius 3 is 2.62 bits per heavy atom. The first kappa shape index (κ1) is 22.6. The van der Waals surface area contributed by atoms with E-state index in [0.29, 0.717) is 30.2 Å². The maximum atomic E-state index is 6.26. The number of ether oxygens (including phenoxy) is 3. The number of rotatable bonds is 8. The summed E-state index contributed by atoms with van der Waals surface area (Å²) in [6.07, 6.45) is 3.20. The molecule has 1 aromatic carbocycles. The van der Waals surface area contributed by atoms with Gasteiger partial charge in [-0.25, -0.2) is 4.98 Å². The minimum Gasteiger partial charge on any atom is -0.493 e. The van der Waals surface area contributed by atoms with Crippen molar-refractivity contribution in [2.24, 2.45) is 11.8 Å². The van der Waals surface area contributed by atoms with Gasteiger partial charge in [-0.3, -0.25) is 0 Å². The first-order chi connectivity index (χ1) is 15.5. The van der Waals surface area contributed by atoms with Crippen molar-refractivity contribution in [1.29, 1.82) is 0 Å². The van der Waals surface area contributed by atoms with Crippen molar-refractivity contribution in [3.63, 3.8) is 0 Å². The zero-order valence-electron chi connectivity index (χ0n) is 19.4. The van der Waals surface area contributed by atoms with Crippen LogP contribution in [0.3, 0.4) is 0 Å². The molecule has 3 heterocycles. The molecular weight excluding hydrogens is 406 g/mol. The number of anilines is 3. The van der Waals surface area contributed by atoms with E-state index in [9.17, 15) is 0 Å². The molecule has 2 aromatic rings. The van der Waals surface area contributed by atoms with Crippen molar-refractivity contribution in [3.8, 4) is 11.5 Å². The summed E-state index contributed by atoms with van der Waals surface area (Å²) in [5.74, 6) is 3.59.